The summed E-state index contributed by atoms with van der Waals surface area (Å²) in [6, 6.07) is 0. The minimum atomic E-state index is -4.38. The molecule has 0 spiro atoms. The van der Waals surface area contributed by atoms with Crippen molar-refractivity contribution in [3.05, 3.63) is 34.5 Å². The highest BCUT2D eigenvalue weighted by molar-refractivity contribution is 7.20. The second-order valence-electron chi connectivity index (χ2n) is 6.57. The van der Waals surface area contributed by atoms with E-state index in [1.807, 2.05) is 0 Å². The largest absolute Gasteiger partial charge is 0.480 e. The van der Waals surface area contributed by atoms with Gasteiger partial charge in [-0.15, -0.1) is 11.3 Å². The van der Waals surface area contributed by atoms with Gasteiger partial charge in [-0.2, -0.15) is 18.2 Å². The van der Waals surface area contributed by atoms with Crippen molar-refractivity contribution in [3.63, 3.8) is 0 Å². The molecule has 12 heteroatoms. The molecule has 3 aromatic rings. The number of carbonyl (C=O) groups excluding carboxylic acids is 1. The number of ether oxygens (including phenoxy) is 2. The standard InChI is InChI=1S/C18H20F3N5O3S/c1-10-13-15(29-4)23-11(8-28-3)24-16(13)30-14(10)17(27)25(2)7-12-22-5-6-26(12)9-18(19,20)21/h5-6H,7-9H2,1-4H3. The molecule has 8 nitrogen and oxygen atoms in total. The zero-order valence-electron chi connectivity index (χ0n) is 16.8. The molecule has 1 amide bonds. The zero-order valence-corrected chi connectivity index (χ0v) is 17.6. The van der Waals surface area contributed by atoms with Gasteiger partial charge in [0, 0.05) is 26.6 Å². The number of aryl methyl sites for hydroxylation is 1. The monoisotopic (exact) mass is 443 g/mol. The number of imidazole rings is 1. The van der Waals surface area contributed by atoms with Crippen LogP contribution in [0.15, 0.2) is 12.4 Å². The maximum absolute atomic E-state index is 13.0. The van der Waals surface area contributed by atoms with E-state index in [0.717, 1.165) is 4.57 Å². The van der Waals surface area contributed by atoms with E-state index in [-0.39, 0.29) is 24.9 Å². The summed E-state index contributed by atoms with van der Waals surface area (Å²) >= 11 is 1.17. The average Bonchev–Trinajstić information content (AvgIpc) is 3.23. The summed E-state index contributed by atoms with van der Waals surface area (Å²) in [5.41, 5.74) is 0.645. The van der Waals surface area contributed by atoms with Crippen LogP contribution >= 0.6 is 11.3 Å². The van der Waals surface area contributed by atoms with E-state index in [1.165, 1.54) is 49.9 Å². The van der Waals surface area contributed by atoms with E-state index >= 15 is 0 Å². The fourth-order valence-corrected chi connectivity index (χ4v) is 4.16. The molecule has 0 aliphatic rings. The number of amides is 1. The van der Waals surface area contributed by atoms with E-state index in [4.69, 9.17) is 9.47 Å². The third-order valence-electron chi connectivity index (χ3n) is 4.34. The van der Waals surface area contributed by atoms with Crippen LogP contribution in [0.2, 0.25) is 0 Å². The quantitative estimate of drug-likeness (QED) is 0.558. The van der Waals surface area contributed by atoms with Crippen LogP contribution in [0, 0.1) is 6.92 Å². The number of rotatable bonds is 7. The topological polar surface area (TPSA) is 82.4 Å². The first-order valence-corrected chi connectivity index (χ1v) is 9.61. The van der Waals surface area contributed by atoms with Crippen LogP contribution < -0.4 is 4.74 Å². The van der Waals surface area contributed by atoms with Gasteiger partial charge in [-0.25, -0.2) is 9.97 Å². The van der Waals surface area contributed by atoms with Crippen LogP contribution in [-0.2, 0) is 24.4 Å². The lowest BCUT2D eigenvalue weighted by Crippen LogP contribution is -2.28. The number of carbonyl (C=O) groups is 1. The molecule has 3 rings (SSSR count). The van der Waals surface area contributed by atoms with E-state index in [1.54, 1.807) is 6.92 Å². The summed E-state index contributed by atoms with van der Waals surface area (Å²) in [5, 5.41) is 0.623. The van der Waals surface area contributed by atoms with Gasteiger partial charge < -0.3 is 18.9 Å². The summed E-state index contributed by atoms with van der Waals surface area (Å²) in [7, 11) is 4.51. The van der Waals surface area contributed by atoms with E-state index in [0.29, 0.717) is 32.4 Å². The lowest BCUT2D eigenvalue weighted by atomic mass is 10.2. The number of methoxy groups -OCH3 is 2. The Hall–Kier alpha value is -2.73. The Morgan fingerprint density at radius 1 is 1.30 bits per heavy atom. The first-order valence-electron chi connectivity index (χ1n) is 8.79. The van der Waals surface area contributed by atoms with E-state index in [9.17, 15) is 18.0 Å². The third kappa shape index (κ3) is 4.54. The van der Waals surface area contributed by atoms with Crippen molar-refractivity contribution in [3.8, 4) is 5.88 Å². The Bertz CT molecular complexity index is 1060. The molecule has 0 bridgehead atoms. The van der Waals surface area contributed by atoms with Crippen molar-refractivity contribution >= 4 is 27.5 Å². The van der Waals surface area contributed by atoms with Crippen molar-refractivity contribution in [1.29, 1.82) is 0 Å². The van der Waals surface area contributed by atoms with Crippen LogP contribution in [0.5, 0.6) is 5.88 Å². The maximum Gasteiger partial charge on any atom is 0.406 e. The van der Waals surface area contributed by atoms with Crippen molar-refractivity contribution in [2.75, 3.05) is 21.3 Å². The molecule has 0 saturated heterocycles. The number of nitrogens with zero attached hydrogens (tertiary/aromatic N) is 5. The first-order chi connectivity index (χ1) is 14.1. The van der Waals surface area contributed by atoms with Gasteiger partial charge in [-0.3, -0.25) is 4.79 Å². The van der Waals surface area contributed by atoms with E-state index < -0.39 is 12.7 Å². The molecule has 0 aromatic carbocycles. The van der Waals surface area contributed by atoms with Crippen molar-refractivity contribution in [2.45, 2.75) is 32.8 Å². The molecule has 30 heavy (non-hydrogen) atoms. The highest BCUT2D eigenvalue weighted by atomic mass is 32.1. The van der Waals surface area contributed by atoms with Crippen molar-refractivity contribution in [1.82, 2.24) is 24.4 Å². The summed E-state index contributed by atoms with van der Waals surface area (Å²) < 4.78 is 49.6. The SMILES string of the molecule is COCc1nc(OC)c2c(C)c(C(=O)N(C)Cc3nccn3CC(F)(F)F)sc2n1. The molecule has 0 aliphatic heterocycles. The molecule has 162 valence electrons. The van der Waals surface area contributed by atoms with Gasteiger partial charge in [0.25, 0.3) is 5.91 Å². The Labute approximate surface area is 174 Å². The second-order valence-corrected chi connectivity index (χ2v) is 7.57. The minimum absolute atomic E-state index is 0.0761. The number of fused-ring (bicyclic) bond motifs is 1. The van der Waals surface area contributed by atoms with Crippen LogP contribution in [0.1, 0.15) is 26.9 Å². The number of aromatic nitrogens is 4. The van der Waals surface area contributed by atoms with Gasteiger partial charge in [-0.05, 0) is 12.5 Å². The van der Waals surface area contributed by atoms with Crippen LogP contribution in [0.25, 0.3) is 10.2 Å². The Balaban J connectivity index is 1.90. The van der Waals surface area contributed by atoms with Gasteiger partial charge >= 0.3 is 6.18 Å². The summed E-state index contributed by atoms with van der Waals surface area (Å²) in [6.45, 7) is 0.704. The fraction of sp³-hybridized carbons (Fsp3) is 0.444. The summed E-state index contributed by atoms with van der Waals surface area (Å²) in [6.07, 6.45) is -1.86. The lowest BCUT2D eigenvalue weighted by molar-refractivity contribution is -0.141. The fourth-order valence-electron chi connectivity index (χ4n) is 2.98. The van der Waals surface area contributed by atoms with Gasteiger partial charge in [0.05, 0.1) is 23.9 Å². The first kappa shape index (κ1) is 22.0. The van der Waals surface area contributed by atoms with Gasteiger partial charge in [0.2, 0.25) is 5.88 Å². The molecule has 0 N–H and O–H groups in total. The molecular weight excluding hydrogens is 423 g/mol. The van der Waals surface area contributed by atoms with Crippen molar-refractivity contribution in [2.24, 2.45) is 0 Å². The molecule has 0 radical (unpaired) electrons. The third-order valence-corrected chi connectivity index (χ3v) is 5.51. The van der Waals surface area contributed by atoms with Gasteiger partial charge in [-0.1, -0.05) is 0 Å². The Kier molecular flexibility index (Phi) is 6.27. The second kappa shape index (κ2) is 8.56. The molecule has 3 aromatic heterocycles. The summed E-state index contributed by atoms with van der Waals surface area (Å²) in [4.78, 5) is 28.0. The zero-order chi connectivity index (χ0) is 22.1. The lowest BCUT2D eigenvalue weighted by Gasteiger charge is -2.18. The van der Waals surface area contributed by atoms with Gasteiger partial charge in [0.15, 0.2) is 5.82 Å². The number of thiophene rings is 1. The number of alkyl halides is 3. The van der Waals surface area contributed by atoms with Crippen LogP contribution in [0.4, 0.5) is 13.2 Å². The predicted molar refractivity (Wildman–Crippen MR) is 103 cm³/mol. The molecular formula is C18H20F3N5O3S. The molecule has 0 atom stereocenters. The number of hydrogen-bond donors (Lipinski definition) is 0. The highest BCUT2D eigenvalue weighted by Crippen LogP contribution is 2.35. The average molecular weight is 443 g/mol. The van der Waals surface area contributed by atoms with E-state index in [2.05, 4.69) is 15.0 Å². The normalized spacial score (nSPS) is 11.8. The van der Waals surface area contributed by atoms with Crippen molar-refractivity contribution < 1.29 is 27.4 Å². The summed E-state index contributed by atoms with van der Waals surface area (Å²) in [5.74, 6) is 0.543. The Morgan fingerprint density at radius 3 is 2.67 bits per heavy atom. The molecule has 0 fully saturated rings. The predicted octanol–water partition coefficient (Wildman–Crippen LogP) is 3.19. The molecule has 3 heterocycles. The van der Waals surface area contributed by atoms with Crippen LogP contribution in [-0.4, -0.2) is 57.8 Å². The smallest absolute Gasteiger partial charge is 0.406 e. The highest BCUT2D eigenvalue weighted by Gasteiger charge is 2.29. The number of halogens is 3. The molecule has 0 aliphatic carbocycles. The molecule has 0 unspecified atom stereocenters. The Morgan fingerprint density at radius 2 is 2.03 bits per heavy atom. The minimum Gasteiger partial charge on any atom is -0.480 e. The molecule has 0 saturated carbocycles. The number of hydrogen-bond acceptors (Lipinski definition) is 7. The maximum atomic E-state index is 13.0. The van der Waals surface area contributed by atoms with Gasteiger partial charge in [0.1, 0.15) is 23.8 Å². The van der Waals surface area contributed by atoms with Crippen LogP contribution in [0.3, 0.4) is 0 Å².